The number of hydrogen-bond donors (Lipinski definition) is 2. The van der Waals surface area contributed by atoms with Crippen LogP contribution in [0.25, 0.3) is 0 Å². The topological polar surface area (TPSA) is 120 Å². The summed E-state index contributed by atoms with van der Waals surface area (Å²) in [4.78, 5) is 16.6. The Morgan fingerprint density at radius 1 is 1.16 bits per heavy atom. The van der Waals surface area contributed by atoms with E-state index in [1.54, 1.807) is 10.7 Å². The molecule has 3 N–H and O–H groups in total. The molecule has 0 fully saturated rings. The minimum atomic E-state index is -4.20. The molecule has 1 aromatic carbocycles. The number of nitrogen functional groups attached to an aromatic ring is 1. The molecule has 0 aliphatic heterocycles. The van der Waals surface area contributed by atoms with Crippen LogP contribution in [0.15, 0.2) is 41.4 Å². The first kappa shape index (κ1) is 23.5. The van der Waals surface area contributed by atoms with E-state index in [9.17, 15) is 13.2 Å². The molecule has 1 amide bonds. The Morgan fingerprint density at radius 2 is 1.78 bits per heavy atom. The number of aryl methyl sites for hydroxylation is 3. The average molecular weight is 458 g/mol. The summed E-state index contributed by atoms with van der Waals surface area (Å²) in [6.45, 7) is 12.3. The van der Waals surface area contributed by atoms with Crippen molar-refractivity contribution in [1.82, 2.24) is 19.5 Å². The summed E-state index contributed by atoms with van der Waals surface area (Å²) in [5, 5.41) is 4.65. The lowest BCUT2D eigenvalue weighted by Crippen LogP contribution is -2.33. The molecule has 0 saturated heterocycles. The van der Waals surface area contributed by atoms with Gasteiger partial charge in [-0.2, -0.15) is 5.10 Å². The molecule has 0 saturated carbocycles. The summed E-state index contributed by atoms with van der Waals surface area (Å²) >= 11 is 0. The van der Waals surface area contributed by atoms with Gasteiger partial charge < -0.3 is 5.73 Å². The molecule has 3 aromatic rings. The number of hydrogen-bond acceptors (Lipinski definition) is 6. The number of nitrogens with zero attached hydrogens (tertiary/aromatic N) is 3. The highest BCUT2D eigenvalue weighted by molar-refractivity contribution is 7.90. The second kappa shape index (κ2) is 8.38. The highest BCUT2D eigenvalue weighted by Gasteiger charge is 2.27. The molecule has 2 aromatic heterocycles. The molecule has 8 nitrogen and oxygen atoms in total. The first-order valence-corrected chi connectivity index (χ1v) is 11.7. The second-order valence-electron chi connectivity index (χ2n) is 9.02. The quantitative estimate of drug-likeness (QED) is 0.605. The molecular formula is C23H31N5O3S. The Labute approximate surface area is 190 Å². The van der Waals surface area contributed by atoms with Gasteiger partial charge in [0.2, 0.25) is 0 Å². The minimum Gasteiger partial charge on any atom is -0.383 e. The number of nitrogens with one attached hydrogen (secondary N) is 1. The number of benzene rings is 1. The molecular weight excluding hydrogens is 426 g/mol. The normalized spacial score (nSPS) is 12.1. The first-order valence-electron chi connectivity index (χ1n) is 10.2. The van der Waals surface area contributed by atoms with Gasteiger partial charge in [-0.1, -0.05) is 38.5 Å². The summed E-state index contributed by atoms with van der Waals surface area (Å²) in [6.07, 6.45) is 1.38. The van der Waals surface area contributed by atoms with Crippen LogP contribution >= 0.6 is 0 Å². The van der Waals surface area contributed by atoms with E-state index in [2.05, 4.69) is 26.9 Å². The van der Waals surface area contributed by atoms with E-state index in [1.165, 1.54) is 18.3 Å². The SMILES string of the molecule is Cc1cc(C)c(Cn2nc(C(C)(C)C)cc2C(=O)NS(=O)(=O)c2cccnc2N)c(C)c1.[HH]. The van der Waals surface area contributed by atoms with E-state index in [1.807, 2.05) is 41.5 Å². The van der Waals surface area contributed by atoms with Crippen molar-refractivity contribution in [2.75, 3.05) is 5.73 Å². The Hall–Kier alpha value is -3.20. The lowest BCUT2D eigenvalue weighted by Gasteiger charge is -2.15. The van der Waals surface area contributed by atoms with Crippen molar-refractivity contribution in [2.45, 2.75) is 58.4 Å². The molecule has 0 aliphatic rings. The van der Waals surface area contributed by atoms with E-state index in [-0.39, 0.29) is 23.2 Å². The zero-order valence-corrected chi connectivity index (χ0v) is 20.0. The van der Waals surface area contributed by atoms with E-state index in [0.717, 1.165) is 22.3 Å². The van der Waals surface area contributed by atoms with Gasteiger partial charge in [0.05, 0.1) is 12.2 Å². The lowest BCUT2D eigenvalue weighted by atomic mass is 9.92. The van der Waals surface area contributed by atoms with Crippen LogP contribution in [0.5, 0.6) is 0 Å². The summed E-state index contributed by atoms with van der Waals surface area (Å²) < 4.78 is 29.2. The summed E-state index contributed by atoms with van der Waals surface area (Å²) in [5.74, 6) is -0.957. The van der Waals surface area contributed by atoms with Crippen molar-refractivity contribution in [3.8, 4) is 0 Å². The van der Waals surface area contributed by atoms with Crippen LogP contribution in [0.3, 0.4) is 0 Å². The van der Waals surface area contributed by atoms with Gasteiger partial charge in [0, 0.05) is 13.0 Å². The highest BCUT2D eigenvalue weighted by atomic mass is 32.2. The second-order valence-corrected chi connectivity index (χ2v) is 10.7. The molecule has 0 radical (unpaired) electrons. The van der Waals surface area contributed by atoms with Gasteiger partial charge in [-0.25, -0.2) is 18.1 Å². The number of carbonyl (C=O) groups excluding carboxylic acids is 1. The van der Waals surface area contributed by atoms with Gasteiger partial charge in [0.15, 0.2) is 0 Å². The Morgan fingerprint density at radius 3 is 2.34 bits per heavy atom. The largest absolute Gasteiger partial charge is 0.383 e. The van der Waals surface area contributed by atoms with Crippen LogP contribution in [-0.2, 0) is 22.0 Å². The third kappa shape index (κ3) is 4.83. The first-order chi connectivity index (χ1) is 14.8. The van der Waals surface area contributed by atoms with Crippen LogP contribution in [0.4, 0.5) is 5.82 Å². The van der Waals surface area contributed by atoms with Crippen LogP contribution in [-0.4, -0.2) is 29.1 Å². The van der Waals surface area contributed by atoms with Crippen molar-refractivity contribution in [2.24, 2.45) is 0 Å². The molecule has 0 unspecified atom stereocenters. The van der Waals surface area contributed by atoms with Gasteiger partial charge in [-0.05, 0) is 55.7 Å². The zero-order chi connectivity index (χ0) is 23.8. The molecule has 172 valence electrons. The fourth-order valence-corrected chi connectivity index (χ4v) is 4.60. The predicted octanol–water partition coefficient (Wildman–Crippen LogP) is 3.50. The number of carbonyl (C=O) groups is 1. The van der Waals surface area contributed by atoms with Crippen molar-refractivity contribution in [3.05, 3.63) is 70.2 Å². The molecule has 32 heavy (non-hydrogen) atoms. The maximum atomic E-state index is 13.1. The smallest absolute Gasteiger partial charge is 0.283 e. The number of nitrogens with two attached hydrogens (primary N) is 1. The van der Waals surface area contributed by atoms with E-state index in [4.69, 9.17) is 5.73 Å². The third-order valence-electron chi connectivity index (χ3n) is 5.25. The Bertz CT molecular complexity index is 1270. The van der Waals surface area contributed by atoms with Crippen LogP contribution < -0.4 is 10.5 Å². The van der Waals surface area contributed by atoms with Gasteiger partial charge in [-0.15, -0.1) is 0 Å². The fourth-order valence-electron chi connectivity index (χ4n) is 3.55. The van der Waals surface area contributed by atoms with Crippen LogP contribution in [0.1, 0.15) is 60.6 Å². The van der Waals surface area contributed by atoms with Crippen LogP contribution in [0.2, 0.25) is 0 Å². The van der Waals surface area contributed by atoms with Gasteiger partial charge in [0.25, 0.3) is 15.9 Å². The van der Waals surface area contributed by atoms with Gasteiger partial charge >= 0.3 is 0 Å². The van der Waals surface area contributed by atoms with Crippen molar-refractivity contribution >= 4 is 21.7 Å². The summed E-state index contributed by atoms with van der Waals surface area (Å²) in [6, 6.07) is 8.53. The van der Waals surface area contributed by atoms with Gasteiger partial charge in [-0.3, -0.25) is 9.48 Å². The summed E-state index contributed by atoms with van der Waals surface area (Å²) in [7, 11) is -4.20. The van der Waals surface area contributed by atoms with Crippen molar-refractivity contribution in [3.63, 3.8) is 0 Å². The van der Waals surface area contributed by atoms with Gasteiger partial charge in [0.1, 0.15) is 16.4 Å². The van der Waals surface area contributed by atoms with Crippen molar-refractivity contribution < 1.29 is 14.6 Å². The van der Waals surface area contributed by atoms with Crippen molar-refractivity contribution in [1.29, 1.82) is 0 Å². The molecule has 9 heteroatoms. The molecule has 0 atom stereocenters. The number of pyridine rings is 1. The van der Waals surface area contributed by atoms with E-state index < -0.39 is 15.9 Å². The predicted molar refractivity (Wildman–Crippen MR) is 126 cm³/mol. The standard InChI is InChI=1S/C23H29N5O3S.H2/c1-14-10-15(2)17(16(3)11-14)13-28-18(12-20(26-28)23(4,5)6)22(29)27-32(30,31)19-8-7-9-25-21(19)24;/h7-12H,13H2,1-6H3,(H2,24,25)(H,27,29);1H. The molecule has 3 rings (SSSR count). The lowest BCUT2D eigenvalue weighted by molar-refractivity contribution is 0.0971. The number of amides is 1. The Kier molecular flexibility index (Phi) is 6.15. The minimum absolute atomic E-state index is 0. The van der Waals surface area contributed by atoms with Crippen LogP contribution in [0, 0.1) is 20.8 Å². The van der Waals surface area contributed by atoms with E-state index >= 15 is 0 Å². The molecule has 2 heterocycles. The number of sulfonamides is 1. The number of anilines is 1. The third-order valence-corrected chi connectivity index (χ3v) is 6.62. The Balaban J connectivity index is 0.00000385. The number of aromatic nitrogens is 3. The molecule has 0 bridgehead atoms. The number of rotatable bonds is 5. The average Bonchev–Trinajstić information content (AvgIpc) is 3.09. The maximum Gasteiger partial charge on any atom is 0.283 e. The fraction of sp³-hybridized carbons (Fsp3) is 0.348. The molecule has 0 aliphatic carbocycles. The zero-order valence-electron chi connectivity index (χ0n) is 19.2. The summed E-state index contributed by atoms with van der Waals surface area (Å²) in [5.41, 5.74) is 10.6. The molecule has 0 spiro atoms. The monoisotopic (exact) mass is 457 g/mol. The highest BCUT2D eigenvalue weighted by Crippen LogP contribution is 2.24. The van der Waals surface area contributed by atoms with E-state index in [0.29, 0.717) is 12.2 Å². The maximum absolute atomic E-state index is 13.1.